The van der Waals surface area contributed by atoms with E-state index >= 15 is 0 Å². The number of aromatic nitrogens is 3. The van der Waals surface area contributed by atoms with Gasteiger partial charge in [0.15, 0.2) is 11.5 Å². The number of nitrogens with one attached hydrogen (secondary N) is 1. The molecule has 0 atom stereocenters. The Labute approximate surface area is 140 Å². The Hall–Kier alpha value is -3.81. The third kappa shape index (κ3) is 2.45. The highest BCUT2D eigenvalue weighted by Crippen LogP contribution is 2.37. The molecule has 2 heterocycles. The number of nitrogens with zero attached hydrogens (tertiary/aromatic N) is 4. The molecule has 0 aliphatic rings. The minimum atomic E-state index is -1.35. The van der Waals surface area contributed by atoms with Gasteiger partial charge >= 0.3 is 0 Å². The van der Waals surface area contributed by atoms with Crippen LogP contribution in [-0.2, 0) is 0 Å². The first kappa shape index (κ1) is 14.8. The van der Waals surface area contributed by atoms with Gasteiger partial charge in [0.1, 0.15) is 6.33 Å². The molecule has 0 unspecified atom stereocenters. The van der Waals surface area contributed by atoms with E-state index in [-0.39, 0.29) is 22.6 Å². The molecule has 0 spiro atoms. The van der Waals surface area contributed by atoms with Crippen LogP contribution < -0.4 is 5.11 Å². The van der Waals surface area contributed by atoms with Crippen molar-refractivity contribution in [3.8, 4) is 5.88 Å². The lowest BCUT2D eigenvalue weighted by molar-refractivity contribution is -0.254. The first-order valence-electron chi connectivity index (χ1n) is 7.31. The third-order valence-electron chi connectivity index (χ3n) is 3.77. The van der Waals surface area contributed by atoms with E-state index in [1.807, 2.05) is 24.3 Å². The van der Waals surface area contributed by atoms with Gasteiger partial charge in [-0.05, 0) is 12.1 Å². The molecule has 0 radical (unpaired) electrons. The fourth-order valence-corrected chi connectivity index (χ4v) is 2.63. The van der Waals surface area contributed by atoms with Crippen molar-refractivity contribution in [2.45, 2.75) is 0 Å². The van der Waals surface area contributed by atoms with Gasteiger partial charge in [0.2, 0.25) is 5.88 Å². The molecule has 2 N–H and O–H groups in total. The van der Waals surface area contributed by atoms with E-state index in [4.69, 9.17) is 0 Å². The average molecular weight is 332 g/mol. The Bertz CT molecular complexity index is 1140. The molecule has 2 aromatic carbocycles. The fourth-order valence-electron chi connectivity index (χ4n) is 2.63. The van der Waals surface area contributed by atoms with Gasteiger partial charge in [-0.2, -0.15) is 0 Å². The van der Waals surface area contributed by atoms with Crippen molar-refractivity contribution < 1.29 is 15.0 Å². The standard InChI is InChI=1S/C17H11N5O3/c23-16-14(10-5-3-6-11(17(24)25)13(10)20-16)21-22-15-9-4-1-2-7-12(9)18-8-19-15/h1-8,20,23H,(H,24,25)/p-1. The SMILES string of the molecule is O=C([O-])c1cccc2c(N=Nc3ncnc4ccccc34)c(O)[nH]c12. The Balaban J connectivity index is 1.85. The predicted octanol–water partition coefficient (Wildman–Crippen LogP) is 2.60. The van der Waals surface area contributed by atoms with Gasteiger partial charge in [-0.1, -0.05) is 30.3 Å². The monoisotopic (exact) mass is 332 g/mol. The van der Waals surface area contributed by atoms with E-state index in [2.05, 4.69) is 25.2 Å². The summed E-state index contributed by atoms with van der Waals surface area (Å²) in [6.07, 6.45) is 1.37. The highest BCUT2D eigenvalue weighted by atomic mass is 16.4. The second-order valence-electron chi connectivity index (χ2n) is 5.25. The lowest BCUT2D eigenvalue weighted by Gasteiger charge is -2.02. The van der Waals surface area contributed by atoms with Crippen molar-refractivity contribution in [3.05, 3.63) is 54.4 Å². The molecule has 0 fully saturated rings. The van der Waals surface area contributed by atoms with Gasteiger partial charge in [-0.3, -0.25) is 0 Å². The smallest absolute Gasteiger partial charge is 0.218 e. The number of fused-ring (bicyclic) bond motifs is 2. The average Bonchev–Trinajstić information content (AvgIpc) is 2.95. The van der Waals surface area contributed by atoms with E-state index in [1.165, 1.54) is 12.4 Å². The van der Waals surface area contributed by atoms with E-state index in [9.17, 15) is 15.0 Å². The lowest BCUT2D eigenvalue weighted by Crippen LogP contribution is -2.22. The number of carbonyl (C=O) groups excluding carboxylic acids is 1. The number of aromatic amines is 1. The number of carbonyl (C=O) groups is 1. The number of hydrogen-bond donors (Lipinski definition) is 2. The summed E-state index contributed by atoms with van der Waals surface area (Å²) < 4.78 is 0. The van der Waals surface area contributed by atoms with Crippen molar-refractivity contribution in [3.63, 3.8) is 0 Å². The van der Waals surface area contributed by atoms with Crippen molar-refractivity contribution in [2.75, 3.05) is 0 Å². The highest BCUT2D eigenvalue weighted by molar-refractivity contribution is 6.06. The molecule has 0 amide bonds. The zero-order valence-electron chi connectivity index (χ0n) is 12.7. The number of aromatic carboxylic acids is 1. The zero-order valence-corrected chi connectivity index (χ0v) is 12.7. The Morgan fingerprint density at radius 3 is 2.68 bits per heavy atom. The molecule has 4 aromatic rings. The summed E-state index contributed by atoms with van der Waals surface area (Å²) >= 11 is 0. The van der Waals surface area contributed by atoms with Gasteiger partial charge in [0, 0.05) is 16.3 Å². The van der Waals surface area contributed by atoms with Gasteiger partial charge in [0.05, 0.1) is 17.0 Å². The number of H-pyrrole nitrogens is 1. The summed E-state index contributed by atoms with van der Waals surface area (Å²) in [6.45, 7) is 0. The third-order valence-corrected chi connectivity index (χ3v) is 3.77. The van der Waals surface area contributed by atoms with Gasteiger partial charge in [0.25, 0.3) is 0 Å². The van der Waals surface area contributed by atoms with E-state index in [0.29, 0.717) is 22.1 Å². The number of aromatic hydroxyl groups is 1. The molecule has 0 aliphatic carbocycles. The van der Waals surface area contributed by atoms with Gasteiger partial charge < -0.3 is 20.0 Å². The van der Waals surface area contributed by atoms with Crippen LogP contribution in [0.15, 0.2) is 59.0 Å². The number of carboxylic acid groups (broad SMARTS) is 1. The van der Waals surface area contributed by atoms with Crippen LogP contribution >= 0.6 is 0 Å². The molecule has 8 nitrogen and oxygen atoms in total. The summed E-state index contributed by atoms with van der Waals surface area (Å²) in [5.74, 6) is -1.29. The lowest BCUT2D eigenvalue weighted by atomic mass is 10.1. The number of carboxylic acids is 1. The minimum Gasteiger partial charge on any atom is -0.545 e. The van der Waals surface area contributed by atoms with Crippen LogP contribution in [0.3, 0.4) is 0 Å². The maximum atomic E-state index is 11.2. The first-order chi connectivity index (χ1) is 12.1. The second kappa shape index (κ2) is 5.68. The normalized spacial score (nSPS) is 11.5. The molecular formula is C17H10N5O3-. The van der Waals surface area contributed by atoms with E-state index in [0.717, 1.165) is 0 Å². The maximum Gasteiger partial charge on any atom is 0.218 e. The van der Waals surface area contributed by atoms with E-state index in [1.54, 1.807) is 12.1 Å². The Morgan fingerprint density at radius 1 is 1.04 bits per heavy atom. The molecule has 0 saturated carbocycles. The summed E-state index contributed by atoms with van der Waals surface area (Å²) in [6, 6.07) is 11.9. The van der Waals surface area contributed by atoms with Crippen molar-refractivity contribution >= 4 is 39.3 Å². The number of para-hydroxylation sites is 2. The molecule has 8 heteroatoms. The van der Waals surface area contributed by atoms with Crippen LogP contribution in [0.4, 0.5) is 11.5 Å². The van der Waals surface area contributed by atoms with Crippen LogP contribution in [0, 0.1) is 0 Å². The zero-order chi connectivity index (χ0) is 17.4. The Morgan fingerprint density at radius 2 is 1.84 bits per heavy atom. The molecule has 4 rings (SSSR count). The minimum absolute atomic E-state index is 0.0678. The van der Waals surface area contributed by atoms with Crippen molar-refractivity contribution in [1.29, 1.82) is 0 Å². The second-order valence-corrected chi connectivity index (χ2v) is 5.25. The van der Waals surface area contributed by atoms with Crippen LogP contribution in [0.5, 0.6) is 5.88 Å². The van der Waals surface area contributed by atoms with E-state index < -0.39 is 5.97 Å². The molecule has 2 aromatic heterocycles. The molecule has 25 heavy (non-hydrogen) atoms. The number of hydrogen-bond acceptors (Lipinski definition) is 7. The number of benzene rings is 2. The van der Waals surface area contributed by atoms with Crippen molar-refractivity contribution in [1.82, 2.24) is 15.0 Å². The number of azo groups is 1. The summed E-state index contributed by atoms with van der Waals surface area (Å²) in [5, 5.41) is 30.5. The van der Waals surface area contributed by atoms with Crippen LogP contribution in [0.2, 0.25) is 0 Å². The number of rotatable bonds is 3. The predicted molar refractivity (Wildman–Crippen MR) is 88.0 cm³/mol. The van der Waals surface area contributed by atoms with Gasteiger partial charge in [-0.15, -0.1) is 10.2 Å². The van der Waals surface area contributed by atoms with Crippen LogP contribution in [0.1, 0.15) is 10.4 Å². The Kier molecular flexibility index (Phi) is 3.35. The highest BCUT2D eigenvalue weighted by Gasteiger charge is 2.14. The maximum absolute atomic E-state index is 11.2. The molecule has 0 saturated heterocycles. The first-order valence-corrected chi connectivity index (χ1v) is 7.31. The molecular weight excluding hydrogens is 322 g/mol. The largest absolute Gasteiger partial charge is 0.545 e. The summed E-state index contributed by atoms with van der Waals surface area (Å²) in [4.78, 5) is 22.0. The van der Waals surface area contributed by atoms with Gasteiger partial charge in [-0.25, -0.2) is 9.97 Å². The quantitative estimate of drug-likeness (QED) is 0.557. The van der Waals surface area contributed by atoms with Crippen molar-refractivity contribution in [2.24, 2.45) is 10.2 Å². The topological polar surface area (TPSA) is 127 Å². The summed E-state index contributed by atoms with van der Waals surface area (Å²) in [7, 11) is 0. The van der Waals surface area contributed by atoms with Crippen LogP contribution in [-0.4, -0.2) is 26.0 Å². The molecule has 122 valence electrons. The van der Waals surface area contributed by atoms with Crippen LogP contribution in [0.25, 0.3) is 21.8 Å². The summed E-state index contributed by atoms with van der Waals surface area (Å²) in [5.41, 5.74) is 0.998. The molecule has 0 aliphatic heterocycles. The molecule has 0 bridgehead atoms. The fraction of sp³-hybridized carbons (Fsp3) is 0.